The first-order chi connectivity index (χ1) is 6.93. The highest BCUT2D eigenvalue weighted by Gasteiger charge is 2.17. The van der Waals surface area contributed by atoms with E-state index in [1.165, 1.54) is 12.1 Å². The quantitative estimate of drug-likeness (QED) is 0.431. The molecular weight excluding hydrogens is 381 g/mol. The van der Waals surface area contributed by atoms with Crippen LogP contribution >= 0.6 is 38.5 Å². The maximum Gasteiger partial charge on any atom is 0.264 e. The van der Waals surface area contributed by atoms with Gasteiger partial charge in [0.1, 0.15) is 0 Å². The third-order valence-electron chi connectivity index (χ3n) is 1.88. The standard InChI is InChI=1S/C10H8BrF2IO/c1-5(11)9(15)6-2-3-8(14)7(4-6)10(12)13/h2-5,10H,1H3. The average Bonchev–Trinajstić information content (AvgIpc) is 2.16. The topological polar surface area (TPSA) is 17.1 Å². The van der Waals surface area contributed by atoms with E-state index in [9.17, 15) is 13.6 Å². The zero-order valence-corrected chi connectivity index (χ0v) is 11.6. The first-order valence-electron chi connectivity index (χ1n) is 4.19. The van der Waals surface area contributed by atoms with E-state index in [0.717, 1.165) is 0 Å². The predicted octanol–water partition coefficient (Wildman–Crippen LogP) is 4.19. The Labute approximate surface area is 109 Å². The average molecular weight is 389 g/mol. The molecule has 0 spiro atoms. The summed E-state index contributed by atoms with van der Waals surface area (Å²) in [5, 5.41) is 0. The maximum absolute atomic E-state index is 12.5. The second-order valence-corrected chi connectivity index (χ2v) is 5.55. The van der Waals surface area contributed by atoms with Gasteiger partial charge in [-0.1, -0.05) is 22.0 Å². The van der Waals surface area contributed by atoms with E-state index in [0.29, 0.717) is 9.13 Å². The number of halogens is 4. The molecule has 0 saturated heterocycles. The molecule has 5 heteroatoms. The van der Waals surface area contributed by atoms with Crippen LogP contribution in [-0.2, 0) is 0 Å². The van der Waals surface area contributed by atoms with Gasteiger partial charge in [-0.05, 0) is 41.6 Å². The third kappa shape index (κ3) is 3.21. The Morgan fingerprint density at radius 1 is 1.47 bits per heavy atom. The second-order valence-electron chi connectivity index (χ2n) is 3.02. The highest BCUT2D eigenvalue weighted by molar-refractivity contribution is 14.1. The Hall–Kier alpha value is -0.0400. The Morgan fingerprint density at radius 3 is 2.53 bits per heavy atom. The van der Waals surface area contributed by atoms with E-state index in [-0.39, 0.29) is 16.2 Å². The zero-order chi connectivity index (χ0) is 11.6. The lowest BCUT2D eigenvalue weighted by Crippen LogP contribution is -2.10. The summed E-state index contributed by atoms with van der Waals surface area (Å²) in [4.78, 5) is 11.2. The molecule has 0 fully saturated rings. The lowest BCUT2D eigenvalue weighted by Gasteiger charge is -2.07. The van der Waals surface area contributed by atoms with E-state index in [4.69, 9.17) is 0 Å². The molecule has 15 heavy (non-hydrogen) atoms. The van der Waals surface area contributed by atoms with Crippen molar-refractivity contribution in [1.29, 1.82) is 0 Å². The number of carbonyl (C=O) groups is 1. The number of hydrogen-bond acceptors (Lipinski definition) is 1. The van der Waals surface area contributed by atoms with Gasteiger partial charge < -0.3 is 0 Å². The highest BCUT2D eigenvalue weighted by atomic mass is 127. The molecule has 0 saturated carbocycles. The van der Waals surface area contributed by atoms with Gasteiger partial charge >= 0.3 is 0 Å². The summed E-state index contributed by atoms with van der Waals surface area (Å²) in [5.74, 6) is -0.187. The second kappa shape index (κ2) is 5.34. The fraction of sp³-hybridized carbons (Fsp3) is 0.300. The van der Waals surface area contributed by atoms with Gasteiger partial charge in [-0.25, -0.2) is 8.78 Å². The van der Waals surface area contributed by atoms with Gasteiger partial charge in [-0.15, -0.1) is 0 Å². The molecule has 0 aliphatic carbocycles. The molecule has 1 rings (SSSR count). The molecule has 0 aliphatic rings. The van der Waals surface area contributed by atoms with Crippen molar-refractivity contribution in [2.75, 3.05) is 0 Å². The minimum atomic E-state index is -2.55. The summed E-state index contributed by atoms with van der Waals surface area (Å²) in [6, 6.07) is 4.35. The first kappa shape index (κ1) is 13.0. The van der Waals surface area contributed by atoms with E-state index in [1.54, 1.807) is 13.0 Å². The smallest absolute Gasteiger partial charge is 0.264 e. The molecule has 82 valence electrons. The van der Waals surface area contributed by atoms with E-state index >= 15 is 0 Å². The van der Waals surface area contributed by atoms with Crippen LogP contribution in [0.15, 0.2) is 18.2 Å². The molecule has 1 unspecified atom stereocenters. The minimum Gasteiger partial charge on any atom is -0.293 e. The van der Waals surface area contributed by atoms with E-state index in [2.05, 4.69) is 15.9 Å². The number of Topliss-reactive ketones (excluding diaryl/α,β-unsaturated/α-hetero) is 1. The number of carbonyl (C=O) groups excluding carboxylic acids is 1. The number of rotatable bonds is 3. The summed E-state index contributed by atoms with van der Waals surface area (Å²) in [7, 11) is 0. The number of alkyl halides is 3. The largest absolute Gasteiger partial charge is 0.293 e. The van der Waals surface area contributed by atoms with Crippen molar-refractivity contribution in [1.82, 2.24) is 0 Å². The SMILES string of the molecule is CC(Br)C(=O)c1ccc(I)c(C(F)F)c1. The molecule has 1 nitrogen and oxygen atoms in total. The molecule has 0 bridgehead atoms. The minimum absolute atomic E-state index is 0.0883. The van der Waals surface area contributed by atoms with Crippen LogP contribution in [0, 0.1) is 3.57 Å². The molecule has 0 heterocycles. The van der Waals surface area contributed by atoms with Gasteiger partial charge in [0, 0.05) is 14.7 Å². The zero-order valence-electron chi connectivity index (χ0n) is 7.81. The van der Waals surface area contributed by atoms with Crippen LogP contribution < -0.4 is 0 Å². The van der Waals surface area contributed by atoms with Crippen LogP contribution in [0.3, 0.4) is 0 Å². The Morgan fingerprint density at radius 2 is 2.07 bits per heavy atom. The normalized spacial score (nSPS) is 12.9. The van der Waals surface area contributed by atoms with Gasteiger partial charge in [0.2, 0.25) is 0 Å². The lowest BCUT2D eigenvalue weighted by molar-refractivity contribution is 0.0995. The third-order valence-corrected chi connectivity index (χ3v) is 3.28. The lowest BCUT2D eigenvalue weighted by atomic mass is 10.1. The summed E-state index contributed by atoms with van der Waals surface area (Å²) < 4.78 is 25.6. The summed E-state index contributed by atoms with van der Waals surface area (Å²) in [6.45, 7) is 1.67. The van der Waals surface area contributed by atoms with Crippen LogP contribution in [0.2, 0.25) is 0 Å². The van der Waals surface area contributed by atoms with Gasteiger partial charge in [-0.2, -0.15) is 0 Å². The van der Waals surface area contributed by atoms with Crippen LogP contribution in [0.4, 0.5) is 8.78 Å². The van der Waals surface area contributed by atoms with Crippen LogP contribution in [0.5, 0.6) is 0 Å². The summed E-state index contributed by atoms with van der Waals surface area (Å²) >= 11 is 4.95. The van der Waals surface area contributed by atoms with Crippen molar-refractivity contribution in [3.05, 3.63) is 32.9 Å². The van der Waals surface area contributed by atoms with Crippen molar-refractivity contribution in [2.24, 2.45) is 0 Å². The predicted molar refractivity (Wildman–Crippen MR) is 66.8 cm³/mol. The van der Waals surface area contributed by atoms with Crippen molar-refractivity contribution in [3.8, 4) is 0 Å². The molecule has 1 aromatic carbocycles. The molecular formula is C10H8BrF2IO. The first-order valence-corrected chi connectivity index (χ1v) is 6.18. The van der Waals surface area contributed by atoms with Crippen LogP contribution in [0.25, 0.3) is 0 Å². The van der Waals surface area contributed by atoms with Crippen LogP contribution in [0.1, 0.15) is 29.3 Å². The summed E-state index contributed by atoms with van der Waals surface area (Å²) in [5.41, 5.74) is 0.227. The monoisotopic (exact) mass is 388 g/mol. The van der Waals surface area contributed by atoms with E-state index < -0.39 is 6.43 Å². The van der Waals surface area contributed by atoms with Gasteiger partial charge in [0.05, 0.1) is 4.83 Å². The molecule has 0 N–H and O–H groups in total. The fourth-order valence-corrected chi connectivity index (χ4v) is 1.93. The van der Waals surface area contributed by atoms with Crippen LogP contribution in [-0.4, -0.2) is 10.6 Å². The molecule has 0 amide bonds. The maximum atomic E-state index is 12.5. The summed E-state index contributed by atoms with van der Waals surface area (Å²) in [6.07, 6.45) is -2.55. The number of ketones is 1. The van der Waals surface area contributed by atoms with Gasteiger partial charge in [-0.3, -0.25) is 4.79 Å². The van der Waals surface area contributed by atoms with Crippen molar-refractivity contribution >= 4 is 44.3 Å². The van der Waals surface area contributed by atoms with Crippen molar-refractivity contribution in [3.63, 3.8) is 0 Å². The molecule has 0 aliphatic heterocycles. The number of hydrogen-bond donors (Lipinski definition) is 0. The number of benzene rings is 1. The highest BCUT2D eigenvalue weighted by Crippen LogP contribution is 2.26. The van der Waals surface area contributed by atoms with Gasteiger partial charge in [0.25, 0.3) is 6.43 Å². The molecule has 1 aromatic rings. The molecule has 0 radical (unpaired) electrons. The van der Waals surface area contributed by atoms with E-state index in [1.807, 2.05) is 22.6 Å². The van der Waals surface area contributed by atoms with Crippen molar-refractivity contribution < 1.29 is 13.6 Å². The Kier molecular flexibility index (Phi) is 4.64. The Balaban J connectivity index is 3.13. The fourth-order valence-electron chi connectivity index (χ4n) is 1.09. The van der Waals surface area contributed by atoms with Gasteiger partial charge in [0.15, 0.2) is 5.78 Å². The Bertz CT molecular complexity index is 380. The molecule has 0 aromatic heterocycles. The molecule has 1 atom stereocenters. The van der Waals surface area contributed by atoms with Crippen molar-refractivity contribution in [2.45, 2.75) is 18.2 Å².